The lowest BCUT2D eigenvalue weighted by molar-refractivity contribution is 0.588. The highest BCUT2D eigenvalue weighted by atomic mass is 35.5. The van der Waals surface area contributed by atoms with Crippen molar-refractivity contribution in [1.82, 2.24) is 20.2 Å². The molecule has 0 saturated carbocycles. The fraction of sp³-hybridized carbons (Fsp3) is 0.278. The third-order valence-electron chi connectivity index (χ3n) is 3.96. The van der Waals surface area contributed by atoms with Crippen LogP contribution in [-0.4, -0.2) is 33.5 Å². The number of nitrogens with zero attached hydrogens (tertiary/aromatic N) is 3. The molecule has 0 aliphatic rings. The first-order chi connectivity index (χ1) is 12.7. The first kappa shape index (κ1) is 19.4. The summed E-state index contributed by atoms with van der Waals surface area (Å²) in [6.07, 6.45) is 1.52. The summed E-state index contributed by atoms with van der Waals surface area (Å²) >= 11 is 6.21. The largest absolute Gasteiger partial charge is 0.324 e. The smallest absolute Gasteiger partial charge is 0.229 e. The molecular formula is C18H22ClN6OP. The standard InChI is InChI=1S/C18H22ClN6OP/c1-11(2)15-9-16(25-24-15)22-17-14(19)10-20-18(23-17)21-12-5-7-13(8-6-12)27(3,4)26/h5-11H,1-4H3,(H3,20,21,22,23,24,25). The quantitative estimate of drug-likeness (QED) is 0.515. The van der Waals surface area contributed by atoms with Gasteiger partial charge in [-0.15, -0.1) is 0 Å². The molecule has 0 unspecified atom stereocenters. The highest BCUT2D eigenvalue weighted by molar-refractivity contribution is 7.70. The Hall–Kier alpha value is -2.37. The predicted octanol–water partition coefficient (Wildman–Crippen LogP) is 4.71. The van der Waals surface area contributed by atoms with Crippen LogP contribution in [0.5, 0.6) is 0 Å². The minimum absolute atomic E-state index is 0.343. The normalized spacial score (nSPS) is 11.6. The molecule has 3 rings (SSSR count). The Kier molecular flexibility index (Phi) is 5.53. The van der Waals surface area contributed by atoms with Crippen molar-refractivity contribution in [2.45, 2.75) is 19.8 Å². The van der Waals surface area contributed by atoms with Crippen molar-refractivity contribution >= 4 is 47.3 Å². The van der Waals surface area contributed by atoms with Crippen molar-refractivity contribution in [2.24, 2.45) is 0 Å². The average molecular weight is 405 g/mol. The topological polar surface area (TPSA) is 95.6 Å². The van der Waals surface area contributed by atoms with Crippen LogP contribution < -0.4 is 15.9 Å². The van der Waals surface area contributed by atoms with Crippen LogP contribution in [0.25, 0.3) is 0 Å². The Morgan fingerprint density at radius 2 is 1.85 bits per heavy atom. The lowest BCUT2D eigenvalue weighted by Gasteiger charge is -2.10. The number of benzene rings is 1. The van der Waals surface area contributed by atoms with Gasteiger partial charge in [0.05, 0.1) is 6.20 Å². The van der Waals surface area contributed by atoms with E-state index in [0.717, 1.165) is 16.7 Å². The zero-order chi connectivity index (χ0) is 19.6. The maximum atomic E-state index is 12.1. The van der Waals surface area contributed by atoms with Gasteiger partial charge in [-0.25, -0.2) is 4.98 Å². The summed E-state index contributed by atoms with van der Waals surface area (Å²) in [6.45, 7) is 7.65. The van der Waals surface area contributed by atoms with Crippen molar-refractivity contribution in [1.29, 1.82) is 0 Å². The second kappa shape index (κ2) is 7.71. The molecule has 0 aliphatic carbocycles. The van der Waals surface area contributed by atoms with Gasteiger partial charge in [0, 0.05) is 22.8 Å². The predicted molar refractivity (Wildman–Crippen MR) is 112 cm³/mol. The maximum Gasteiger partial charge on any atom is 0.229 e. The summed E-state index contributed by atoms with van der Waals surface area (Å²) in [5, 5.41) is 14.6. The van der Waals surface area contributed by atoms with E-state index in [4.69, 9.17) is 11.6 Å². The molecule has 0 atom stereocenters. The molecule has 1 aromatic carbocycles. The molecule has 0 spiro atoms. The lowest BCUT2D eigenvalue weighted by Crippen LogP contribution is -2.04. The van der Waals surface area contributed by atoms with Crippen LogP contribution in [0.15, 0.2) is 36.5 Å². The Bertz CT molecular complexity index is 980. The van der Waals surface area contributed by atoms with E-state index in [2.05, 4.69) is 44.6 Å². The fourth-order valence-corrected chi connectivity index (χ4v) is 3.37. The van der Waals surface area contributed by atoms with E-state index < -0.39 is 7.14 Å². The van der Waals surface area contributed by atoms with Gasteiger partial charge in [-0.2, -0.15) is 10.1 Å². The van der Waals surface area contributed by atoms with Crippen molar-refractivity contribution in [2.75, 3.05) is 24.0 Å². The first-order valence-corrected chi connectivity index (χ1v) is 11.5. The third kappa shape index (κ3) is 4.87. The van der Waals surface area contributed by atoms with Crippen LogP contribution in [0, 0.1) is 0 Å². The van der Waals surface area contributed by atoms with E-state index in [1.54, 1.807) is 13.3 Å². The van der Waals surface area contributed by atoms with Crippen molar-refractivity contribution in [3.05, 3.63) is 47.2 Å². The summed E-state index contributed by atoms with van der Waals surface area (Å²) in [6, 6.07) is 9.30. The third-order valence-corrected chi connectivity index (χ3v) is 5.77. The van der Waals surface area contributed by atoms with Crippen LogP contribution >= 0.6 is 18.7 Å². The van der Waals surface area contributed by atoms with E-state index in [0.29, 0.717) is 28.5 Å². The zero-order valence-electron chi connectivity index (χ0n) is 15.6. The fourth-order valence-electron chi connectivity index (χ4n) is 2.37. The Morgan fingerprint density at radius 1 is 1.15 bits per heavy atom. The van der Waals surface area contributed by atoms with E-state index in [9.17, 15) is 4.57 Å². The van der Waals surface area contributed by atoms with Gasteiger partial charge in [0.2, 0.25) is 5.95 Å². The lowest BCUT2D eigenvalue weighted by atomic mass is 10.1. The summed E-state index contributed by atoms with van der Waals surface area (Å²) in [4.78, 5) is 8.62. The molecule has 0 radical (unpaired) electrons. The molecule has 2 aromatic heterocycles. The molecule has 2 heterocycles. The van der Waals surface area contributed by atoms with Gasteiger partial charge in [0.15, 0.2) is 11.6 Å². The number of aromatic nitrogens is 4. The molecule has 3 aromatic rings. The molecular weight excluding hydrogens is 383 g/mol. The summed E-state index contributed by atoms with van der Waals surface area (Å²) < 4.78 is 12.1. The van der Waals surface area contributed by atoms with Crippen molar-refractivity contribution in [3.63, 3.8) is 0 Å². The summed E-state index contributed by atoms with van der Waals surface area (Å²) in [5.41, 5.74) is 1.81. The second-order valence-electron chi connectivity index (χ2n) is 6.90. The average Bonchev–Trinajstić information content (AvgIpc) is 3.06. The van der Waals surface area contributed by atoms with Gasteiger partial charge in [0.25, 0.3) is 0 Å². The number of halogens is 1. The zero-order valence-corrected chi connectivity index (χ0v) is 17.3. The molecule has 3 N–H and O–H groups in total. The maximum absolute atomic E-state index is 12.1. The number of anilines is 4. The molecule has 0 amide bonds. The molecule has 7 nitrogen and oxygen atoms in total. The van der Waals surface area contributed by atoms with Gasteiger partial charge in [-0.3, -0.25) is 5.10 Å². The van der Waals surface area contributed by atoms with Crippen LogP contribution in [-0.2, 0) is 4.57 Å². The molecule has 0 aliphatic heterocycles. The first-order valence-electron chi connectivity index (χ1n) is 8.50. The van der Waals surface area contributed by atoms with Crippen LogP contribution in [0.4, 0.5) is 23.3 Å². The van der Waals surface area contributed by atoms with Crippen LogP contribution in [0.1, 0.15) is 25.5 Å². The van der Waals surface area contributed by atoms with E-state index >= 15 is 0 Å². The van der Waals surface area contributed by atoms with Crippen LogP contribution in [0.3, 0.4) is 0 Å². The number of aromatic amines is 1. The monoisotopic (exact) mass is 404 g/mol. The van der Waals surface area contributed by atoms with Gasteiger partial charge in [0.1, 0.15) is 12.2 Å². The molecule has 142 valence electrons. The van der Waals surface area contributed by atoms with E-state index in [1.807, 2.05) is 30.3 Å². The SMILES string of the molecule is CC(C)c1cc(Nc2nc(Nc3ccc(P(C)(C)=O)cc3)ncc2Cl)n[nH]1. The number of nitrogens with one attached hydrogen (secondary N) is 3. The molecule has 0 bridgehead atoms. The summed E-state index contributed by atoms with van der Waals surface area (Å²) in [7, 11) is -2.28. The Balaban J connectivity index is 1.77. The Morgan fingerprint density at radius 3 is 2.44 bits per heavy atom. The van der Waals surface area contributed by atoms with E-state index in [1.165, 1.54) is 6.20 Å². The van der Waals surface area contributed by atoms with Gasteiger partial charge in [-0.05, 0) is 43.5 Å². The van der Waals surface area contributed by atoms with Gasteiger partial charge >= 0.3 is 0 Å². The van der Waals surface area contributed by atoms with Gasteiger partial charge < -0.3 is 15.2 Å². The number of H-pyrrole nitrogens is 1. The van der Waals surface area contributed by atoms with Gasteiger partial charge in [-0.1, -0.05) is 25.4 Å². The molecule has 0 fully saturated rings. The number of rotatable bonds is 6. The van der Waals surface area contributed by atoms with Crippen molar-refractivity contribution < 1.29 is 4.57 Å². The molecule has 27 heavy (non-hydrogen) atoms. The summed E-state index contributed by atoms with van der Waals surface area (Å²) in [5.74, 6) is 1.83. The Labute approximate surface area is 163 Å². The van der Waals surface area contributed by atoms with Crippen molar-refractivity contribution in [3.8, 4) is 0 Å². The number of hydrogen-bond acceptors (Lipinski definition) is 6. The minimum Gasteiger partial charge on any atom is -0.324 e. The number of hydrogen-bond donors (Lipinski definition) is 3. The highest BCUT2D eigenvalue weighted by Gasteiger charge is 2.12. The van der Waals surface area contributed by atoms with Crippen LogP contribution in [0.2, 0.25) is 5.02 Å². The molecule has 9 heteroatoms. The molecule has 0 saturated heterocycles. The minimum atomic E-state index is -2.28. The highest BCUT2D eigenvalue weighted by Crippen LogP contribution is 2.34. The second-order valence-corrected chi connectivity index (χ2v) is 10.5. The van der Waals surface area contributed by atoms with E-state index in [-0.39, 0.29) is 0 Å².